The van der Waals surface area contributed by atoms with Gasteiger partial charge in [0, 0.05) is 38.4 Å². The van der Waals surface area contributed by atoms with Gasteiger partial charge in [-0.1, -0.05) is 30.3 Å². The van der Waals surface area contributed by atoms with Gasteiger partial charge in [-0.25, -0.2) is 0 Å². The SMILES string of the molecule is O=C(Cn1cccc(C(=O)N2CCN3CCCC3C2)c1=O)NCc1ccccc1. The molecule has 7 heteroatoms. The fourth-order valence-corrected chi connectivity index (χ4v) is 4.18. The molecule has 3 heterocycles. The van der Waals surface area contributed by atoms with E-state index in [1.54, 1.807) is 23.2 Å². The second kappa shape index (κ2) is 8.61. The number of fused-ring (bicyclic) bond motifs is 1. The van der Waals surface area contributed by atoms with Gasteiger partial charge in [-0.3, -0.25) is 19.3 Å². The molecule has 1 atom stereocenters. The van der Waals surface area contributed by atoms with E-state index in [4.69, 9.17) is 0 Å². The Morgan fingerprint density at radius 3 is 2.69 bits per heavy atom. The van der Waals surface area contributed by atoms with Gasteiger partial charge in [0.2, 0.25) is 5.91 Å². The molecule has 1 unspecified atom stereocenters. The maximum atomic E-state index is 13.0. The van der Waals surface area contributed by atoms with E-state index in [9.17, 15) is 14.4 Å². The number of rotatable bonds is 5. The molecule has 1 aromatic carbocycles. The van der Waals surface area contributed by atoms with Crippen LogP contribution in [-0.4, -0.2) is 58.4 Å². The third-order valence-electron chi connectivity index (χ3n) is 5.77. The summed E-state index contributed by atoms with van der Waals surface area (Å²) in [5, 5.41) is 2.81. The lowest BCUT2D eigenvalue weighted by atomic mass is 10.1. The fourth-order valence-electron chi connectivity index (χ4n) is 4.18. The highest BCUT2D eigenvalue weighted by molar-refractivity contribution is 5.94. The van der Waals surface area contributed by atoms with Crippen LogP contribution in [0.3, 0.4) is 0 Å². The van der Waals surface area contributed by atoms with Gasteiger partial charge in [0.1, 0.15) is 12.1 Å². The first kappa shape index (κ1) is 19.4. The lowest BCUT2D eigenvalue weighted by Crippen LogP contribution is -2.52. The number of aromatic nitrogens is 1. The molecule has 1 N–H and O–H groups in total. The van der Waals surface area contributed by atoms with Crippen molar-refractivity contribution in [3.8, 4) is 0 Å². The molecule has 0 bridgehead atoms. The van der Waals surface area contributed by atoms with Crippen molar-refractivity contribution in [2.24, 2.45) is 0 Å². The van der Waals surface area contributed by atoms with Gasteiger partial charge in [-0.2, -0.15) is 0 Å². The van der Waals surface area contributed by atoms with Gasteiger partial charge in [0.25, 0.3) is 11.5 Å². The molecule has 4 rings (SSSR count). The zero-order valence-electron chi connectivity index (χ0n) is 16.4. The summed E-state index contributed by atoms with van der Waals surface area (Å²) in [6.07, 6.45) is 3.82. The molecule has 0 spiro atoms. The van der Waals surface area contributed by atoms with Crippen LogP contribution in [0.4, 0.5) is 0 Å². The van der Waals surface area contributed by atoms with E-state index < -0.39 is 5.56 Å². The molecule has 1 aromatic heterocycles. The number of benzene rings is 1. The molecule has 2 aromatic rings. The largest absolute Gasteiger partial charge is 0.350 e. The molecule has 0 aliphatic carbocycles. The number of amides is 2. The molecule has 0 radical (unpaired) electrons. The zero-order valence-corrected chi connectivity index (χ0v) is 16.4. The average Bonchev–Trinajstić information content (AvgIpc) is 3.22. The number of nitrogens with zero attached hydrogens (tertiary/aromatic N) is 3. The van der Waals surface area contributed by atoms with E-state index in [0.717, 1.165) is 25.1 Å². The zero-order chi connectivity index (χ0) is 20.2. The minimum atomic E-state index is -0.416. The standard InChI is InChI=1S/C22H26N4O3/c27-20(23-14-17-6-2-1-3-7-17)16-25-11-5-9-19(21(25)28)22(29)26-13-12-24-10-4-8-18(24)15-26/h1-3,5-7,9,11,18H,4,8,10,12-16H2,(H,23,27). The lowest BCUT2D eigenvalue weighted by Gasteiger charge is -2.37. The van der Waals surface area contributed by atoms with Crippen LogP contribution in [0.1, 0.15) is 28.8 Å². The summed E-state index contributed by atoms with van der Waals surface area (Å²) >= 11 is 0. The third kappa shape index (κ3) is 4.40. The van der Waals surface area contributed by atoms with Gasteiger partial charge >= 0.3 is 0 Å². The van der Waals surface area contributed by atoms with Crippen LogP contribution in [0.25, 0.3) is 0 Å². The van der Waals surface area contributed by atoms with Crippen molar-refractivity contribution in [2.45, 2.75) is 32.0 Å². The van der Waals surface area contributed by atoms with Crippen molar-refractivity contribution in [3.63, 3.8) is 0 Å². The predicted molar refractivity (Wildman–Crippen MR) is 109 cm³/mol. The lowest BCUT2D eigenvalue weighted by molar-refractivity contribution is -0.121. The van der Waals surface area contributed by atoms with Gasteiger partial charge in [0.05, 0.1) is 0 Å². The highest BCUT2D eigenvalue weighted by atomic mass is 16.2. The normalized spacial score (nSPS) is 19.0. The van der Waals surface area contributed by atoms with Crippen LogP contribution >= 0.6 is 0 Å². The van der Waals surface area contributed by atoms with Gasteiger partial charge < -0.3 is 14.8 Å². The number of pyridine rings is 1. The molecule has 0 saturated carbocycles. The minimum Gasteiger partial charge on any atom is -0.350 e. The summed E-state index contributed by atoms with van der Waals surface area (Å²) in [6.45, 7) is 3.57. The van der Waals surface area contributed by atoms with Crippen LogP contribution in [0.15, 0.2) is 53.5 Å². The Morgan fingerprint density at radius 2 is 1.86 bits per heavy atom. The second-order valence-corrected chi connectivity index (χ2v) is 7.70. The van der Waals surface area contributed by atoms with Gasteiger partial charge in [0.15, 0.2) is 0 Å². The minimum absolute atomic E-state index is 0.108. The Kier molecular flexibility index (Phi) is 5.76. The number of nitrogens with one attached hydrogen (secondary N) is 1. The summed E-state index contributed by atoms with van der Waals surface area (Å²) in [5.74, 6) is -0.499. The number of hydrogen-bond acceptors (Lipinski definition) is 4. The first-order chi connectivity index (χ1) is 14.1. The highest BCUT2D eigenvalue weighted by Gasteiger charge is 2.33. The number of piperazine rings is 1. The average molecular weight is 394 g/mol. The number of carbonyl (C=O) groups excluding carboxylic acids is 2. The second-order valence-electron chi connectivity index (χ2n) is 7.70. The van der Waals surface area contributed by atoms with E-state index in [1.165, 1.54) is 11.0 Å². The van der Waals surface area contributed by atoms with Crippen molar-refractivity contribution in [1.82, 2.24) is 19.7 Å². The van der Waals surface area contributed by atoms with E-state index >= 15 is 0 Å². The Morgan fingerprint density at radius 1 is 1.03 bits per heavy atom. The van der Waals surface area contributed by atoms with E-state index in [2.05, 4.69) is 10.2 Å². The van der Waals surface area contributed by atoms with E-state index in [0.29, 0.717) is 25.7 Å². The highest BCUT2D eigenvalue weighted by Crippen LogP contribution is 2.22. The molecule has 2 aliphatic heterocycles. The van der Waals surface area contributed by atoms with Crippen LogP contribution in [0.5, 0.6) is 0 Å². The Bertz CT molecular complexity index is 941. The summed E-state index contributed by atoms with van der Waals surface area (Å²) in [6, 6.07) is 13.2. The van der Waals surface area contributed by atoms with Crippen LogP contribution < -0.4 is 10.9 Å². The summed E-state index contributed by atoms with van der Waals surface area (Å²) in [5.41, 5.74) is 0.708. The first-order valence-electron chi connectivity index (χ1n) is 10.2. The van der Waals surface area contributed by atoms with Crippen molar-refractivity contribution < 1.29 is 9.59 Å². The smallest absolute Gasteiger partial charge is 0.263 e. The Hall–Kier alpha value is -2.93. The van der Waals surface area contributed by atoms with E-state index in [-0.39, 0.29) is 23.9 Å². The maximum absolute atomic E-state index is 13.0. The fraction of sp³-hybridized carbons (Fsp3) is 0.409. The number of carbonyl (C=O) groups is 2. The van der Waals surface area contributed by atoms with E-state index in [1.807, 2.05) is 30.3 Å². The molecule has 2 fully saturated rings. The molecule has 2 aliphatic rings. The van der Waals surface area contributed by atoms with Gasteiger partial charge in [-0.15, -0.1) is 0 Å². The summed E-state index contributed by atoms with van der Waals surface area (Å²) in [7, 11) is 0. The molecular formula is C22H26N4O3. The van der Waals surface area contributed by atoms with Crippen LogP contribution in [-0.2, 0) is 17.9 Å². The van der Waals surface area contributed by atoms with Crippen LogP contribution in [0, 0.1) is 0 Å². The topological polar surface area (TPSA) is 74.7 Å². The summed E-state index contributed by atoms with van der Waals surface area (Å²) in [4.78, 5) is 42.2. The van der Waals surface area contributed by atoms with Crippen molar-refractivity contribution in [2.75, 3.05) is 26.2 Å². The van der Waals surface area contributed by atoms with Crippen molar-refractivity contribution in [3.05, 3.63) is 70.1 Å². The first-order valence-corrected chi connectivity index (χ1v) is 10.2. The van der Waals surface area contributed by atoms with Crippen molar-refractivity contribution in [1.29, 1.82) is 0 Å². The third-order valence-corrected chi connectivity index (χ3v) is 5.77. The molecular weight excluding hydrogens is 368 g/mol. The Balaban J connectivity index is 1.41. The molecule has 7 nitrogen and oxygen atoms in total. The number of hydrogen-bond donors (Lipinski definition) is 1. The Labute approximate surface area is 169 Å². The maximum Gasteiger partial charge on any atom is 0.263 e. The predicted octanol–water partition coefficient (Wildman–Crippen LogP) is 1.08. The van der Waals surface area contributed by atoms with Gasteiger partial charge in [-0.05, 0) is 37.1 Å². The quantitative estimate of drug-likeness (QED) is 0.824. The van der Waals surface area contributed by atoms with Crippen molar-refractivity contribution >= 4 is 11.8 Å². The summed E-state index contributed by atoms with van der Waals surface area (Å²) < 4.78 is 1.30. The molecule has 29 heavy (non-hydrogen) atoms. The monoisotopic (exact) mass is 394 g/mol. The van der Waals surface area contributed by atoms with Crippen LogP contribution in [0.2, 0.25) is 0 Å². The molecule has 2 amide bonds. The molecule has 152 valence electrons. The molecule has 2 saturated heterocycles.